The quantitative estimate of drug-likeness (QED) is 0.242. The van der Waals surface area contributed by atoms with Crippen molar-refractivity contribution in [2.45, 2.75) is 90.5 Å². The first-order valence-corrected chi connectivity index (χ1v) is 11.4. The van der Waals surface area contributed by atoms with E-state index in [0.717, 1.165) is 11.0 Å². The van der Waals surface area contributed by atoms with Crippen molar-refractivity contribution < 1.29 is 4.57 Å². The first-order chi connectivity index (χ1) is 12.8. The first-order valence-electron chi connectivity index (χ1n) is 10.6. The predicted octanol–water partition coefficient (Wildman–Crippen LogP) is 7.43. The second-order valence-corrected chi connectivity index (χ2v) is 8.31. The number of hydrogen-bond donors (Lipinski definition) is 1. The highest BCUT2D eigenvalue weighted by atomic mass is 79.9. The Balaban J connectivity index is 1.53. The molecule has 144 valence electrons. The third-order valence-corrected chi connectivity index (χ3v) is 5.66. The fraction of sp³-hybridized carbons (Fsp3) is 0.609. The number of nitrogens with one attached hydrogen (secondary N) is 1. The lowest BCUT2D eigenvalue weighted by atomic mass is 10.1. The van der Waals surface area contributed by atoms with E-state index in [1.54, 1.807) is 0 Å². The zero-order chi connectivity index (χ0) is 18.5. The van der Waals surface area contributed by atoms with Crippen LogP contribution >= 0.6 is 15.9 Å². The molecule has 0 spiro atoms. The van der Waals surface area contributed by atoms with Crippen molar-refractivity contribution in [1.82, 2.24) is 4.98 Å². The number of benzene rings is 1. The average Bonchev–Trinajstić information content (AvgIpc) is 3.12. The minimum Gasteiger partial charge on any atom is -0.243 e. The molecule has 1 N–H and O–H groups in total. The SMILES string of the molecule is CCCCCCCCCCCCCC[n+]1cc[nH]c1-c1ccc(Br)cc1. The van der Waals surface area contributed by atoms with E-state index < -0.39 is 0 Å². The van der Waals surface area contributed by atoms with E-state index in [1.165, 1.54) is 88.4 Å². The van der Waals surface area contributed by atoms with Crippen molar-refractivity contribution in [3.63, 3.8) is 0 Å². The summed E-state index contributed by atoms with van der Waals surface area (Å²) in [5.74, 6) is 1.21. The maximum Gasteiger partial charge on any atom is 0.286 e. The van der Waals surface area contributed by atoms with E-state index in [0.29, 0.717) is 0 Å². The molecule has 0 atom stereocenters. The van der Waals surface area contributed by atoms with Crippen LogP contribution in [0.25, 0.3) is 11.4 Å². The molecule has 3 heteroatoms. The van der Waals surface area contributed by atoms with Gasteiger partial charge < -0.3 is 0 Å². The number of aromatic amines is 1. The lowest BCUT2D eigenvalue weighted by Gasteiger charge is -2.03. The van der Waals surface area contributed by atoms with Crippen molar-refractivity contribution in [3.05, 3.63) is 41.1 Å². The molecule has 0 aliphatic heterocycles. The number of imidazole rings is 1. The number of hydrogen-bond acceptors (Lipinski definition) is 0. The molecule has 1 aromatic carbocycles. The molecule has 0 aliphatic rings. The lowest BCUT2D eigenvalue weighted by molar-refractivity contribution is -0.685. The van der Waals surface area contributed by atoms with Crippen LogP contribution in [0.15, 0.2) is 41.1 Å². The Labute approximate surface area is 168 Å². The highest BCUT2D eigenvalue weighted by Crippen LogP contribution is 2.17. The zero-order valence-corrected chi connectivity index (χ0v) is 18.1. The number of unbranched alkanes of at least 4 members (excludes halogenated alkanes) is 11. The summed E-state index contributed by atoms with van der Waals surface area (Å²) < 4.78 is 3.47. The lowest BCUT2D eigenvalue weighted by Crippen LogP contribution is -2.33. The van der Waals surface area contributed by atoms with Crippen LogP contribution in [-0.4, -0.2) is 4.98 Å². The Kier molecular flexibility index (Phi) is 10.7. The fourth-order valence-corrected chi connectivity index (χ4v) is 3.79. The summed E-state index contributed by atoms with van der Waals surface area (Å²) >= 11 is 3.51. The van der Waals surface area contributed by atoms with E-state index >= 15 is 0 Å². The molecule has 0 aliphatic carbocycles. The maximum atomic E-state index is 3.51. The molecule has 0 saturated carbocycles. The largest absolute Gasteiger partial charge is 0.286 e. The summed E-state index contributed by atoms with van der Waals surface area (Å²) in [4.78, 5) is 3.38. The van der Waals surface area contributed by atoms with E-state index in [-0.39, 0.29) is 0 Å². The molecule has 26 heavy (non-hydrogen) atoms. The van der Waals surface area contributed by atoms with Crippen LogP contribution in [0, 0.1) is 0 Å². The van der Waals surface area contributed by atoms with Gasteiger partial charge in [-0.05, 0) is 37.1 Å². The molecule has 0 amide bonds. The van der Waals surface area contributed by atoms with Crippen molar-refractivity contribution >= 4 is 15.9 Å². The van der Waals surface area contributed by atoms with Crippen LogP contribution in [0.4, 0.5) is 0 Å². The highest BCUT2D eigenvalue weighted by Gasteiger charge is 2.12. The zero-order valence-electron chi connectivity index (χ0n) is 16.5. The van der Waals surface area contributed by atoms with Gasteiger partial charge in [-0.3, -0.25) is 0 Å². The number of aryl methyl sites for hydroxylation is 1. The summed E-state index contributed by atoms with van der Waals surface area (Å²) in [7, 11) is 0. The molecule has 1 heterocycles. The topological polar surface area (TPSA) is 19.7 Å². The Morgan fingerprint density at radius 1 is 0.769 bits per heavy atom. The molecular formula is C23H36BrN2+. The summed E-state index contributed by atoms with van der Waals surface area (Å²) in [6, 6.07) is 8.53. The van der Waals surface area contributed by atoms with Crippen molar-refractivity contribution in [3.8, 4) is 11.4 Å². The first kappa shape index (κ1) is 21.2. The van der Waals surface area contributed by atoms with Crippen LogP contribution in [0.3, 0.4) is 0 Å². The van der Waals surface area contributed by atoms with Gasteiger partial charge >= 0.3 is 0 Å². The normalized spacial score (nSPS) is 11.2. The third kappa shape index (κ3) is 8.07. The molecule has 0 unspecified atom stereocenters. The Bertz CT molecular complexity index is 589. The van der Waals surface area contributed by atoms with Gasteiger partial charge in [0.05, 0.1) is 12.1 Å². The minimum absolute atomic E-state index is 1.10. The molecular weight excluding hydrogens is 384 g/mol. The van der Waals surface area contributed by atoms with Crippen molar-refractivity contribution in [1.29, 1.82) is 0 Å². The maximum absolute atomic E-state index is 3.51. The standard InChI is InChI=1S/C23H35BrN2/c1-2-3-4-5-6-7-8-9-10-11-12-13-19-26-20-18-25-23(26)21-14-16-22(24)17-15-21/h14-18,20H,2-13,19H2,1H3/p+1. The molecule has 0 saturated heterocycles. The van der Waals surface area contributed by atoms with Crippen LogP contribution in [0.2, 0.25) is 0 Å². The molecule has 2 nitrogen and oxygen atoms in total. The molecule has 0 radical (unpaired) electrons. The number of aromatic nitrogens is 2. The van der Waals surface area contributed by atoms with Crippen LogP contribution in [0.1, 0.15) is 84.0 Å². The molecule has 0 bridgehead atoms. The van der Waals surface area contributed by atoms with Gasteiger partial charge in [0.1, 0.15) is 12.4 Å². The van der Waals surface area contributed by atoms with E-state index in [1.807, 2.05) is 6.20 Å². The van der Waals surface area contributed by atoms with Gasteiger partial charge in [-0.15, -0.1) is 0 Å². The number of rotatable bonds is 14. The van der Waals surface area contributed by atoms with E-state index in [4.69, 9.17) is 0 Å². The summed E-state index contributed by atoms with van der Waals surface area (Å²) in [6.07, 6.45) is 21.0. The van der Waals surface area contributed by atoms with Crippen LogP contribution in [0.5, 0.6) is 0 Å². The van der Waals surface area contributed by atoms with E-state index in [2.05, 4.69) is 62.9 Å². The fourth-order valence-electron chi connectivity index (χ4n) is 3.53. The predicted molar refractivity (Wildman–Crippen MR) is 115 cm³/mol. The smallest absolute Gasteiger partial charge is 0.243 e. The molecule has 2 rings (SSSR count). The molecule has 2 aromatic rings. The van der Waals surface area contributed by atoms with Gasteiger partial charge in [0.2, 0.25) is 0 Å². The molecule has 0 fully saturated rings. The van der Waals surface area contributed by atoms with Crippen molar-refractivity contribution in [2.75, 3.05) is 0 Å². The highest BCUT2D eigenvalue weighted by molar-refractivity contribution is 9.10. The summed E-state index contributed by atoms with van der Waals surface area (Å²) in [5, 5.41) is 0. The van der Waals surface area contributed by atoms with Gasteiger partial charge in [0.25, 0.3) is 5.82 Å². The van der Waals surface area contributed by atoms with Crippen LogP contribution < -0.4 is 4.57 Å². The number of H-pyrrole nitrogens is 1. The monoisotopic (exact) mass is 419 g/mol. The number of halogens is 1. The third-order valence-electron chi connectivity index (χ3n) is 5.13. The second-order valence-electron chi connectivity index (χ2n) is 7.40. The van der Waals surface area contributed by atoms with E-state index in [9.17, 15) is 0 Å². The van der Waals surface area contributed by atoms with Gasteiger partial charge in [-0.25, -0.2) is 9.55 Å². The van der Waals surface area contributed by atoms with Gasteiger partial charge in [0, 0.05) is 4.47 Å². The Morgan fingerprint density at radius 3 is 1.88 bits per heavy atom. The number of nitrogens with zero attached hydrogens (tertiary/aromatic N) is 1. The Morgan fingerprint density at radius 2 is 1.31 bits per heavy atom. The van der Waals surface area contributed by atoms with Gasteiger partial charge in [0.15, 0.2) is 0 Å². The van der Waals surface area contributed by atoms with Gasteiger partial charge in [-0.2, -0.15) is 0 Å². The Hall–Kier alpha value is -1.09. The van der Waals surface area contributed by atoms with Crippen molar-refractivity contribution in [2.24, 2.45) is 0 Å². The average molecular weight is 420 g/mol. The minimum atomic E-state index is 1.10. The second kappa shape index (κ2) is 13.1. The summed E-state index contributed by atoms with van der Waals surface area (Å²) in [5.41, 5.74) is 1.25. The van der Waals surface area contributed by atoms with Gasteiger partial charge in [-0.1, -0.05) is 87.1 Å². The summed E-state index contributed by atoms with van der Waals surface area (Å²) in [6.45, 7) is 3.39. The molecule has 1 aromatic heterocycles. The van der Waals surface area contributed by atoms with Crippen LogP contribution in [-0.2, 0) is 6.54 Å².